The van der Waals surface area contributed by atoms with Crippen LogP contribution in [0.25, 0.3) is 6.08 Å². The quantitative estimate of drug-likeness (QED) is 0.297. The number of alkyl halides is 3. The van der Waals surface area contributed by atoms with Crippen LogP contribution in [0, 0.1) is 12.8 Å². The molecule has 192 valence electrons. The average molecular weight is 636 g/mol. The monoisotopic (exact) mass is 634 g/mol. The lowest BCUT2D eigenvalue weighted by Crippen LogP contribution is -2.34. The molecule has 2 aliphatic rings. The molecule has 2 unspecified atom stereocenters. The van der Waals surface area contributed by atoms with Crippen molar-refractivity contribution >= 4 is 49.6 Å². The van der Waals surface area contributed by atoms with Gasteiger partial charge in [-0.05, 0) is 79.3 Å². The highest BCUT2D eigenvalue weighted by molar-refractivity contribution is 9.10. The Hall–Kier alpha value is -2.72. The van der Waals surface area contributed by atoms with E-state index in [0.717, 1.165) is 61.4 Å². The molecule has 37 heavy (non-hydrogen) atoms. The predicted molar refractivity (Wildman–Crippen MR) is 143 cm³/mol. The molecule has 1 amide bonds. The Bertz CT molecular complexity index is 1380. The Balaban J connectivity index is 1.51. The van der Waals surface area contributed by atoms with Gasteiger partial charge in [0.2, 0.25) is 0 Å². The fraction of sp³-hybridized carbons (Fsp3) is 0.296. The van der Waals surface area contributed by atoms with Crippen molar-refractivity contribution in [2.45, 2.75) is 44.9 Å². The van der Waals surface area contributed by atoms with Crippen LogP contribution in [0.3, 0.4) is 0 Å². The first-order chi connectivity index (χ1) is 17.6. The van der Waals surface area contributed by atoms with Crippen LogP contribution in [0.5, 0.6) is 0 Å². The third kappa shape index (κ3) is 5.45. The SMILES string of the molecule is Cc1cc(C(F)(F)F)nn1CC(=O)N1N=C2C(=Cc3ccc(Br)cc3)CCCC2C1c1ccc(Br)cc1. The first-order valence-corrected chi connectivity index (χ1v) is 13.4. The number of aromatic nitrogens is 2. The van der Waals surface area contributed by atoms with Crippen LogP contribution in [0.1, 0.15) is 47.8 Å². The van der Waals surface area contributed by atoms with Gasteiger partial charge >= 0.3 is 6.18 Å². The van der Waals surface area contributed by atoms with Crippen molar-refractivity contribution < 1.29 is 18.0 Å². The molecule has 1 aliphatic carbocycles. The molecule has 2 atom stereocenters. The second-order valence-corrected chi connectivity index (χ2v) is 11.1. The summed E-state index contributed by atoms with van der Waals surface area (Å²) < 4.78 is 42.5. The molecule has 0 saturated heterocycles. The second-order valence-electron chi connectivity index (χ2n) is 9.27. The smallest absolute Gasteiger partial charge is 0.271 e. The van der Waals surface area contributed by atoms with Crippen LogP contribution >= 0.6 is 31.9 Å². The summed E-state index contributed by atoms with van der Waals surface area (Å²) in [5.74, 6) is -0.414. The maximum Gasteiger partial charge on any atom is 0.435 e. The van der Waals surface area contributed by atoms with Crippen LogP contribution in [-0.2, 0) is 17.5 Å². The van der Waals surface area contributed by atoms with Gasteiger partial charge < -0.3 is 0 Å². The van der Waals surface area contributed by atoms with Crippen LogP contribution < -0.4 is 0 Å². The van der Waals surface area contributed by atoms with Gasteiger partial charge in [0, 0.05) is 20.6 Å². The number of hydrogen-bond acceptors (Lipinski definition) is 3. The van der Waals surface area contributed by atoms with Crippen LogP contribution in [0.15, 0.2) is 74.2 Å². The minimum Gasteiger partial charge on any atom is -0.271 e. The molecule has 3 aromatic rings. The zero-order valence-electron chi connectivity index (χ0n) is 19.8. The largest absolute Gasteiger partial charge is 0.435 e. The zero-order chi connectivity index (χ0) is 26.3. The standard InChI is InChI=1S/C27H23Br2F3N4O/c1-16-13-23(27(30,31)32)33-35(16)15-24(37)36-26(18-7-11-21(29)12-8-18)22-4-2-3-19(25(22)34-36)14-17-5-9-20(28)10-6-17/h5-14,22,26H,2-4,15H2,1H3. The van der Waals surface area contributed by atoms with Crippen LogP contribution in [0.4, 0.5) is 13.2 Å². The number of allylic oxidation sites excluding steroid dienone is 1. The van der Waals surface area contributed by atoms with E-state index in [1.165, 1.54) is 11.9 Å². The predicted octanol–water partition coefficient (Wildman–Crippen LogP) is 7.56. The summed E-state index contributed by atoms with van der Waals surface area (Å²) in [6.45, 7) is 1.18. The van der Waals surface area contributed by atoms with Crippen molar-refractivity contribution in [2.24, 2.45) is 11.0 Å². The normalized spacial score (nSPS) is 20.8. The van der Waals surface area contributed by atoms with E-state index in [2.05, 4.69) is 43.0 Å². The van der Waals surface area contributed by atoms with Gasteiger partial charge in [-0.25, -0.2) is 5.01 Å². The first kappa shape index (κ1) is 25.9. The highest BCUT2D eigenvalue weighted by atomic mass is 79.9. The summed E-state index contributed by atoms with van der Waals surface area (Å²) >= 11 is 6.93. The lowest BCUT2D eigenvalue weighted by molar-refractivity contribution is -0.142. The number of fused-ring (bicyclic) bond motifs is 1. The van der Waals surface area contributed by atoms with Gasteiger partial charge in [0.15, 0.2) is 5.69 Å². The minimum absolute atomic E-state index is 0.00923. The Morgan fingerprint density at radius 2 is 1.73 bits per heavy atom. The number of rotatable bonds is 4. The zero-order valence-corrected chi connectivity index (χ0v) is 23.0. The van der Waals surface area contributed by atoms with Gasteiger partial charge in [-0.3, -0.25) is 9.48 Å². The van der Waals surface area contributed by atoms with E-state index in [4.69, 9.17) is 5.10 Å². The molecule has 5 nitrogen and oxygen atoms in total. The molecule has 0 radical (unpaired) electrons. The summed E-state index contributed by atoms with van der Waals surface area (Å²) in [5, 5.41) is 9.92. The number of halogens is 5. The van der Waals surface area contributed by atoms with Crippen molar-refractivity contribution in [1.82, 2.24) is 14.8 Å². The molecule has 1 aliphatic heterocycles. The van der Waals surface area contributed by atoms with Crippen LogP contribution in [0.2, 0.25) is 0 Å². The summed E-state index contributed by atoms with van der Waals surface area (Å²) in [6.07, 6.45) is 0.188. The molecular formula is C27H23Br2F3N4O. The van der Waals surface area contributed by atoms with Crippen molar-refractivity contribution in [2.75, 3.05) is 0 Å². The topological polar surface area (TPSA) is 50.5 Å². The van der Waals surface area contributed by atoms with Gasteiger partial charge in [0.25, 0.3) is 5.91 Å². The van der Waals surface area contributed by atoms with Gasteiger partial charge in [-0.2, -0.15) is 23.4 Å². The summed E-state index contributed by atoms with van der Waals surface area (Å²) in [7, 11) is 0. The van der Waals surface area contributed by atoms with E-state index in [1.807, 2.05) is 48.5 Å². The van der Waals surface area contributed by atoms with E-state index < -0.39 is 17.8 Å². The lowest BCUT2D eigenvalue weighted by atomic mass is 9.77. The van der Waals surface area contributed by atoms with Gasteiger partial charge in [0.1, 0.15) is 6.54 Å². The summed E-state index contributed by atoms with van der Waals surface area (Å²) in [4.78, 5) is 13.6. The number of carbonyl (C=O) groups is 1. The number of carbonyl (C=O) groups excluding carboxylic acids is 1. The molecule has 2 heterocycles. The third-order valence-electron chi connectivity index (χ3n) is 6.74. The number of hydrazone groups is 1. The summed E-state index contributed by atoms with van der Waals surface area (Å²) in [6, 6.07) is 16.4. The Morgan fingerprint density at radius 3 is 2.35 bits per heavy atom. The van der Waals surface area contributed by atoms with Crippen molar-refractivity contribution in [3.8, 4) is 0 Å². The minimum atomic E-state index is -4.57. The van der Waals surface area contributed by atoms with E-state index in [0.29, 0.717) is 0 Å². The Labute approximate surface area is 229 Å². The van der Waals surface area contributed by atoms with Gasteiger partial charge in [-0.1, -0.05) is 56.1 Å². The number of aryl methyl sites for hydroxylation is 1. The second kappa shape index (κ2) is 10.2. The molecule has 2 aromatic carbocycles. The Kier molecular flexibility index (Phi) is 7.15. The third-order valence-corrected chi connectivity index (χ3v) is 7.79. The van der Waals surface area contributed by atoms with Gasteiger partial charge in [-0.15, -0.1) is 0 Å². The van der Waals surface area contributed by atoms with Crippen molar-refractivity contribution in [1.29, 1.82) is 0 Å². The van der Waals surface area contributed by atoms with Crippen LogP contribution in [-0.4, -0.2) is 26.4 Å². The fourth-order valence-corrected chi connectivity index (χ4v) is 5.50. The lowest BCUT2D eigenvalue weighted by Gasteiger charge is -2.29. The Morgan fingerprint density at radius 1 is 1.08 bits per heavy atom. The van der Waals surface area contributed by atoms with E-state index in [1.54, 1.807) is 0 Å². The molecule has 10 heteroatoms. The average Bonchev–Trinajstić information content (AvgIpc) is 3.43. The molecular weight excluding hydrogens is 613 g/mol. The molecule has 0 bridgehead atoms. The summed E-state index contributed by atoms with van der Waals surface area (Å²) in [5.41, 5.74) is 3.16. The molecule has 5 rings (SSSR count). The highest BCUT2D eigenvalue weighted by Gasteiger charge is 2.44. The maximum atomic E-state index is 13.6. The first-order valence-electron chi connectivity index (χ1n) is 11.8. The molecule has 0 spiro atoms. The number of nitrogens with zero attached hydrogens (tertiary/aromatic N) is 4. The molecule has 0 N–H and O–H groups in total. The number of hydrogen-bond donors (Lipinski definition) is 0. The fourth-order valence-electron chi connectivity index (χ4n) is 4.97. The van der Waals surface area contributed by atoms with Gasteiger partial charge in [0.05, 0.1) is 11.8 Å². The van der Waals surface area contributed by atoms with E-state index in [9.17, 15) is 18.0 Å². The highest BCUT2D eigenvalue weighted by Crippen LogP contribution is 2.44. The van der Waals surface area contributed by atoms with Crippen molar-refractivity contribution in [3.63, 3.8) is 0 Å². The molecule has 1 fully saturated rings. The maximum absolute atomic E-state index is 13.6. The number of benzene rings is 2. The van der Waals surface area contributed by atoms with E-state index >= 15 is 0 Å². The molecule has 1 aromatic heterocycles. The van der Waals surface area contributed by atoms with Crippen molar-refractivity contribution in [3.05, 3.63) is 91.6 Å². The number of amides is 1. The molecule has 1 saturated carbocycles. The van der Waals surface area contributed by atoms with E-state index in [-0.39, 0.29) is 24.2 Å².